The van der Waals surface area contributed by atoms with Gasteiger partial charge in [-0.15, -0.1) is 0 Å². The van der Waals surface area contributed by atoms with Gasteiger partial charge in [0.25, 0.3) is 5.56 Å². The Kier molecular flexibility index (Phi) is 10.9. The first-order valence-electron chi connectivity index (χ1n) is 17.1. The normalized spacial score (nSPS) is 17.3. The third-order valence-corrected chi connectivity index (χ3v) is 11.5. The molecule has 13 heteroatoms. The zero-order chi connectivity index (χ0) is 34.5. The first kappa shape index (κ1) is 35.0. The van der Waals surface area contributed by atoms with E-state index in [-0.39, 0.29) is 5.56 Å². The Morgan fingerprint density at radius 2 is 1.78 bits per heavy atom. The van der Waals surface area contributed by atoms with E-state index in [1.54, 1.807) is 17.0 Å². The van der Waals surface area contributed by atoms with E-state index in [0.717, 1.165) is 55.7 Å². The van der Waals surface area contributed by atoms with E-state index in [4.69, 9.17) is 14.7 Å². The van der Waals surface area contributed by atoms with Gasteiger partial charge in [-0.1, -0.05) is 0 Å². The number of nitrogens with one attached hydrogen (secondary N) is 2. The molecule has 5 heterocycles. The van der Waals surface area contributed by atoms with Crippen LogP contribution < -0.4 is 21.1 Å². The fourth-order valence-corrected chi connectivity index (χ4v) is 7.99. The molecule has 0 aliphatic carbocycles. The maximum absolute atomic E-state index is 14.3. The maximum Gasteiger partial charge on any atom is 0.261 e. The van der Waals surface area contributed by atoms with Crippen LogP contribution in [0.1, 0.15) is 18.4 Å². The number of hydrogen-bond acceptors (Lipinski definition) is 11. The minimum absolute atomic E-state index is 0.179. The van der Waals surface area contributed by atoms with Gasteiger partial charge < -0.3 is 25.2 Å². The van der Waals surface area contributed by atoms with Crippen molar-refractivity contribution in [2.24, 2.45) is 0 Å². The van der Waals surface area contributed by atoms with Gasteiger partial charge in [-0.3, -0.25) is 23.5 Å². The van der Waals surface area contributed by atoms with Gasteiger partial charge in [-0.25, -0.2) is 4.98 Å². The van der Waals surface area contributed by atoms with Crippen LogP contribution in [0.25, 0.3) is 22.3 Å². The summed E-state index contributed by atoms with van der Waals surface area (Å²) in [5.41, 5.74) is 4.19. The highest BCUT2D eigenvalue weighted by Crippen LogP contribution is 2.26. The molecule has 49 heavy (non-hydrogen) atoms. The number of morpholine rings is 1. The van der Waals surface area contributed by atoms with Gasteiger partial charge in [0.1, 0.15) is 5.65 Å². The van der Waals surface area contributed by atoms with E-state index in [2.05, 4.69) is 50.5 Å². The van der Waals surface area contributed by atoms with Crippen LogP contribution in [-0.4, -0.2) is 125 Å². The summed E-state index contributed by atoms with van der Waals surface area (Å²) in [5.74, 6) is 4.87. The van der Waals surface area contributed by atoms with Gasteiger partial charge in [0.2, 0.25) is 5.95 Å². The van der Waals surface area contributed by atoms with E-state index in [1.165, 1.54) is 5.69 Å². The average Bonchev–Trinajstić information content (AvgIpc) is 3.11. The molecule has 0 radical (unpaired) electrons. The second kappa shape index (κ2) is 15.3. The van der Waals surface area contributed by atoms with Crippen LogP contribution in [-0.2, 0) is 20.8 Å². The summed E-state index contributed by atoms with van der Waals surface area (Å²) in [6.07, 6.45) is 5.62. The number of rotatable bonds is 12. The number of ether oxygens (including phenoxy) is 1. The summed E-state index contributed by atoms with van der Waals surface area (Å²) in [7, 11) is 3.52. The lowest BCUT2D eigenvalue weighted by Gasteiger charge is -2.33. The smallest absolute Gasteiger partial charge is 0.261 e. The minimum Gasteiger partial charge on any atom is -0.379 e. The highest BCUT2D eigenvalue weighted by Gasteiger charge is 2.20. The van der Waals surface area contributed by atoms with Crippen molar-refractivity contribution in [1.82, 2.24) is 34.6 Å². The summed E-state index contributed by atoms with van der Waals surface area (Å²) < 4.78 is 20.7. The molecular weight excluding hydrogens is 639 g/mol. The van der Waals surface area contributed by atoms with E-state index in [9.17, 15) is 9.00 Å². The molecular formula is C36H49N9O3S. The Morgan fingerprint density at radius 3 is 2.47 bits per heavy atom. The highest BCUT2D eigenvalue weighted by molar-refractivity contribution is 8.00. The number of aryl methyl sites for hydroxylation is 1. The zero-order valence-electron chi connectivity index (χ0n) is 29.2. The molecule has 1 unspecified atom stereocenters. The highest BCUT2D eigenvalue weighted by atomic mass is 32.2. The number of fused-ring (bicyclic) bond motifs is 1. The molecule has 1 aromatic carbocycles. The Morgan fingerprint density at radius 1 is 1.04 bits per heavy atom. The number of pyridine rings is 2. The molecule has 2 aliphatic rings. The molecule has 262 valence electrons. The Hall–Kier alpha value is -3.88. The summed E-state index contributed by atoms with van der Waals surface area (Å²) in [4.78, 5) is 35.7. The molecule has 2 aliphatic heterocycles. The van der Waals surface area contributed by atoms with Crippen LogP contribution in [0.4, 0.5) is 17.3 Å². The molecule has 2 saturated heterocycles. The number of nitrogens with zero attached hydrogens (tertiary/aromatic N) is 7. The quantitative estimate of drug-likeness (QED) is 0.214. The topological polar surface area (TPSA) is 121 Å². The SMILES string of the molecule is C=S(=O)(CCN(C)C)c1cnc(-c2cc3cnc(Nc4ccc(N(C)C5CCNCC5)cc4)nc3n(CCN3CCOCC3)c2=O)c(C)c1. The van der Waals surface area contributed by atoms with Crippen molar-refractivity contribution < 1.29 is 8.95 Å². The Bertz CT molecular complexity index is 1920. The van der Waals surface area contributed by atoms with Crippen LogP contribution in [0, 0.1) is 6.92 Å². The van der Waals surface area contributed by atoms with Gasteiger partial charge in [-0.2, -0.15) is 4.98 Å². The second-order valence-electron chi connectivity index (χ2n) is 13.4. The lowest BCUT2D eigenvalue weighted by Crippen LogP contribution is -2.41. The number of aromatic nitrogens is 4. The lowest BCUT2D eigenvalue weighted by atomic mass is 10.0. The molecule has 12 nitrogen and oxygen atoms in total. The number of anilines is 3. The van der Waals surface area contributed by atoms with E-state index in [0.29, 0.717) is 72.4 Å². The van der Waals surface area contributed by atoms with Gasteiger partial charge in [0.05, 0.1) is 24.5 Å². The maximum atomic E-state index is 14.3. The second-order valence-corrected chi connectivity index (χ2v) is 15.9. The molecule has 3 aromatic heterocycles. The van der Waals surface area contributed by atoms with Crippen LogP contribution in [0.5, 0.6) is 0 Å². The molecule has 0 spiro atoms. The van der Waals surface area contributed by atoms with Gasteiger partial charge in [0, 0.05) is 85.6 Å². The van der Waals surface area contributed by atoms with E-state index in [1.807, 2.05) is 50.2 Å². The first-order chi connectivity index (χ1) is 23.6. The summed E-state index contributed by atoms with van der Waals surface area (Å²) in [5, 5.41) is 7.51. The summed E-state index contributed by atoms with van der Waals surface area (Å²) in [6.45, 7) is 8.77. The predicted octanol–water partition coefficient (Wildman–Crippen LogP) is 3.06. The van der Waals surface area contributed by atoms with Crippen LogP contribution in [0.3, 0.4) is 0 Å². The van der Waals surface area contributed by atoms with Gasteiger partial charge in [-0.05, 0) is 104 Å². The van der Waals surface area contributed by atoms with Gasteiger partial charge >= 0.3 is 0 Å². The van der Waals surface area contributed by atoms with Crippen molar-refractivity contribution >= 4 is 43.7 Å². The number of piperidine rings is 1. The molecule has 0 bridgehead atoms. The van der Waals surface area contributed by atoms with E-state index < -0.39 is 9.52 Å². The van der Waals surface area contributed by atoms with Crippen molar-refractivity contribution in [3.8, 4) is 11.3 Å². The summed E-state index contributed by atoms with van der Waals surface area (Å²) in [6, 6.07) is 12.5. The van der Waals surface area contributed by atoms with Crippen LogP contribution in [0.2, 0.25) is 0 Å². The van der Waals surface area contributed by atoms with Crippen molar-refractivity contribution in [3.63, 3.8) is 0 Å². The largest absolute Gasteiger partial charge is 0.379 e. The number of benzene rings is 1. The molecule has 1 atom stereocenters. The first-order valence-corrected chi connectivity index (χ1v) is 19.0. The van der Waals surface area contributed by atoms with Crippen molar-refractivity contribution in [2.45, 2.75) is 37.2 Å². The fraction of sp³-hybridized carbons (Fsp3) is 0.472. The van der Waals surface area contributed by atoms with E-state index >= 15 is 0 Å². The minimum atomic E-state index is -2.53. The van der Waals surface area contributed by atoms with Crippen molar-refractivity contribution in [2.75, 3.05) is 89.6 Å². The molecule has 2 fully saturated rings. The molecule has 0 saturated carbocycles. The average molecular weight is 688 g/mol. The van der Waals surface area contributed by atoms with Gasteiger partial charge in [0.15, 0.2) is 0 Å². The Labute approximate surface area is 289 Å². The predicted molar refractivity (Wildman–Crippen MR) is 200 cm³/mol. The fourth-order valence-electron chi connectivity index (χ4n) is 6.46. The monoisotopic (exact) mass is 687 g/mol. The molecule has 4 aromatic rings. The zero-order valence-corrected chi connectivity index (χ0v) is 30.0. The van der Waals surface area contributed by atoms with Crippen molar-refractivity contribution in [3.05, 3.63) is 64.7 Å². The molecule has 2 N–H and O–H groups in total. The van der Waals surface area contributed by atoms with Crippen molar-refractivity contribution in [1.29, 1.82) is 0 Å². The number of hydrogen-bond donors (Lipinski definition) is 2. The third kappa shape index (κ3) is 8.30. The molecule has 0 amide bonds. The molecule has 6 rings (SSSR count). The standard InChI is InChI=1S/C36H49N9O3S/c1-26-22-31(49(5,47)21-18-42(2)3)25-38-33(26)32-23-27-24-39-36(41-34(27)45(35(32)46)15-14-44-16-19-48-20-17-44)40-28-6-8-29(9-7-28)43(4)30-10-12-37-13-11-30/h6-9,22-25,30,37H,5,10-21H2,1-4H3,(H,39,40,41). The van der Waals surface area contributed by atoms with Crippen LogP contribution >= 0.6 is 0 Å². The Balaban J connectivity index is 1.31. The summed E-state index contributed by atoms with van der Waals surface area (Å²) >= 11 is 0. The third-order valence-electron chi connectivity index (χ3n) is 9.56. The van der Waals surface area contributed by atoms with Crippen LogP contribution in [0.15, 0.2) is 58.5 Å². The lowest BCUT2D eigenvalue weighted by molar-refractivity contribution is 0.0364.